The van der Waals surface area contributed by atoms with Gasteiger partial charge in [-0.3, -0.25) is 4.90 Å². The molecule has 0 spiro atoms. The third kappa shape index (κ3) is 5.72. The van der Waals surface area contributed by atoms with E-state index in [-0.39, 0.29) is 0 Å². The van der Waals surface area contributed by atoms with Crippen LogP contribution in [0.1, 0.15) is 31.1 Å². The highest BCUT2D eigenvalue weighted by atomic mass is 16.5. The molecule has 0 aliphatic carbocycles. The highest BCUT2D eigenvalue weighted by molar-refractivity contribution is 5.27. The van der Waals surface area contributed by atoms with Crippen LogP contribution in [0, 0.1) is 12.8 Å². The predicted octanol–water partition coefficient (Wildman–Crippen LogP) is 2.63. The van der Waals surface area contributed by atoms with E-state index in [1.165, 1.54) is 0 Å². The maximum atomic E-state index is 10.4. The number of ether oxygens (including phenoxy) is 1. The summed E-state index contributed by atoms with van der Waals surface area (Å²) in [6.45, 7) is 9.63. The Hall–Kier alpha value is -0.900. The van der Waals surface area contributed by atoms with Crippen molar-refractivity contribution in [2.45, 2.75) is 26.9 Å². The van der Waals surface area contributed by atoms with E-state index in [2.05, 4.69) is 18.7 Å². The highest BCUT2D eigenvalue weighted by Gasteiger charge is 2.15. The van der Waals surface area contributed by atoms with Gasteiger partial charge in [0.25, 0.3) is 0 Å². The Morgan fingerprint density at radius 1 is 1.21 bits per heavy atom. The lowest BCUT2D eigenvalue weighted by Gasteiger charge is -2.27. The van der Waals surface area contributed by atoms with Gasteiger partial charge in [-0.1, -0.05) is 38.1 Å². The smallest absolute Gasteiger partial charge is 0.0919 e. The molecule has 108 valence electrons. The van der Waals surface area contributed by atoms with Gasteiger partial charge in [0, 0.05) is 26.7 Å². The summed E-state index contributed by atoms with van der Waals surface area (Å²) in [4.78, 5) is 2.27. The second-order valence-corrected chi connectivity index (χ2v) is 5.52. The Morgan fingerprint density at radius 3 is 2.47 bits per heavy atom. The van der Waals surface area contributed by atoms with Crippen molar-refractivity contribution in [2.75, 3.05) is 33.4 Å². The first-order valence-electron chi connectivity index (χ1n) is 6.99. The van der Waals surface area contributed by atoms with Gasteiger partial charge in [0.05, 0.1) is 12.7 Å². The molecule has 0 fully saturated rings. The summed E-state index contributed by atoms with van der Waals surface area (Å²) in [5.41, 5.74) is 2.17. The number of nitrogens with zero attached hydrogens (tertiary/aromatic N) is 1. The Labute approximate surface area is 117 Å². The Kier molecular flexibility index (Phi) is 7.06. The second-order valence-electron chi connectivity index (χ2n) is 5.52. The number of benzene rings is 1. The number of hydrogen-bond donors (Lipinski definition) is 1. The summed E-state index contributed by atoms with van der Waals surface area (Å²) in [5.74, 6) is 0.584. The lowest BCUT2D eigenvalue weighted by molar-refractivity contribution is 0.0822. The number of aliphatic hydroxyl groups excluding tert-OH is 1. The molecule has 0 aromatic heterocycles. The molecule has 1 aromatic rings. The normalized spacial score (nSPS) is 13.2. The minimum absolute atomic E-state index is 0.434. The zero-order chi connectivity index (χ0) is 14.3. The minimum Gasteiger partial charge on any atom is -0.387 e. The zero-order valence-electron chi connectivity index (χ0n) is 12.6. The summed E-state index contributed by atoms with van der Waals surface area (Å²) in [7, 11) is 1.71. The monoisotopic (exact) mass is 265 g/mol. The SMILES string of the molecule is COCCN(CC(C)C)CC(O)c1ccccc1C. The van der Waals surface area contributed by atoms with Crippen molar-refractivity contribution in [3.8, 4) is 0 Å². The molecular formula is C16H27NO2. The molecule has 1 atom stereocenters. The predicted molar refractivity (Wildman–Crippen MR) is 79.3 cm³/mol. The van der Waals surface area contributed by atoms with E-state index in [9.17, 15) is 5.11 Å². The minimum atomic E-state index is -0.434. The maximum absolute atomic E-state index is 10.4. The molecule has 1 rings (SSSR count). The number of methoxy groups -OCH3 is 1. The Bertz CT molecular complexity index is 366. The average molecular weight is 265 g/mol. The van der Waals surface area contributed by atoms with Gasteiger partial charge in [-0.25, -0.2) is 0 Å². The molecule has 0 radical (unpaired) electrons. The fourth-order valence-electron chi connectivity index (χ4n) is 2.30. The van der Waals surface area contributed by atoms with Crippen LogP contribution in [-0.4, -0.2) is 43.4 Å². The molecule has 1 N–H and O–H groups in total. The number of aliphatic hydroxyl groups is 1. The number of hydrogen-bond acceptors (Lipinski definition) is 3. The summed E-state index contributed by atoms with van der Waals surface area (Å²) >= 11 is 0. The second kappa shape index (κ2) is 8.31. The van der Waals surface area contributed by atoms with E-state index < -0.39 is 6.10 Å². The van der Waals surface area contributed by atoms with Gasteiger partial charge in [-0.15, -0.1) is 0 Å². The van der Waals surface area contributed by atoms with E-state index in [1.54, 1.807) is 7.11 Å². The lowest BCUT2D eigenvalue weighted by atomic mass is 10.0. The third-order valence-electron chi connectivity index (χ3n) is 3.21. The first-order valence-corrected chi connectivity index (χ1v) is 6.99. The molecule has 0 amide bonds. The lowest BCUT2D eigenvalue weighted by Crippen LogP contribution is -2.34. The van der Waals surface area contributed by atoms with Crippen LogP contribution in [-0.2, 0) is 4.74 Å². The molecule has 0 aliphatic rings. The van der Waals surface area contributed by atoms with Crippen LogP contribution in [0.15, 0.2) is 24.3 Å². The van der Waals surface area contributed by atoms with Crippen molar-refractivity contribution in [3.63, 3.8) is 0 Å². The fourth-order valence-corrected chi connectivity index (χ4v) is 2.30. The van der Waals surface area contributed by atoms with Crippen molar-refractivity contribution in [1.82, 2.24) is 4.90 Å². The van der Waals surface area contributed by atoms with Gasteiger partial charge in [-0.2, -0.15) is 0 Å². The summed E-state index contributed by atoms with van der Waals surface area (Å²) < 4.78 is 5.14. The van der Waals surface area contributed by atoms with E-state index >= 15 is 0 Å². The molecule has 0 heterocycles. The first kappa shape index (κ1) is 16.2. The molecule has 0 saturated heterocycles. The zero-order valence-corrected chi connectivity index (χ0v) is 12.6. The summed E-state index contributed by atoms with van der Waals surface area (Å²) in [6, 6.07) is 8.03. The van der Waals surface area contributed by atoms with Crippen LogP contribution in [0.25, 0.3) is 0 Å². The number of rotatable bonds is 8. The van der Waals surface area contributed by atoms with Crippen LogP contribution in [0.2, 0.25) is 0 Å². The molecule has 0 aliphatic heterocycles. The summed E-state index contributed by atoms with van der Waals surface area (Å²) in [6.07, 6.45) is -0.434. The molecule has 3 nitrogen and oxygen atoms in total. The highest BCUT2D eigenvalue weighted by Crippen LogP contribution is 2.18. The molecule has 1 unspecified atom stereocenters. The van der Waals surface area contributed by atoms with Crippen LogP contribution < -0.4 is 0 Å². The molecule has 0 bridgehead atoms. The third-order valence-corrected chi connectivity index (χ3v) is 3.21. The van der Waals surface area contributed by atoms with Crippen LogP contribution in [0.3, 0.4) is 0 Å². The maximum Gasteiger partial charge on any atom is 0.0919 e. The van der Waals surface area contributed by atoms with Crippen LogP contribution in [0.5, 0.6) is 0 Å². The van der Waals surface area contributed by atoms with Crippen molar-refractivity contribution < 1.29 is 9.84 Å². The Balaban J connectivity index is 2.64. The van der Waals surface area contributed by atoms with E-state index in [0.29, 0.717) is 19.1 Å². The van der Waals surface area contributed by atoms with Gasteiger partial charge >= 0.3 is 0 Å². The van der Waals surface area contributed by atoms with Gasteiger partial charge in [-0.05, 0) is 24.0 Å². The quantitative estimate of drug-likeness (QED) is 0.784. The van der Waals surface area contributed by atoms with E-state index in [4.69, 9.17) is 4.74 Å². The van der Waals surface area contributed by atoms with Crippen molar-refractivity contribution >= 4 is 0 Å². The molecular weight excluding hydrogens is 238 g/mol. The largest absolute Gasteiger partial charge is 0.387 e. The van der Waals surface area contributed by atoms with Crippen molar-refractivity contribution in [1.29, 1.82) is 0 Å². The molecule has 3 heteroatoms. The fraction of sp³-hybridized carbons (Fsp3) is 0.625. The summed E-state index contributed by atoms with van der Waals surface area (Å²) in [5, 5.41) is 10.4. The standard InChI is InChI=1S/C16H27NO2/c1-13(2)11-17(9-10-19-4)12-16(18)15-8-6-5-7-14(15)3/h5-8,13,16,18H,9-12H2,1-4H3. The van der Waals surface area contributed by atoms with E-state index in [1.807, 2.05) is 31.2 Å². The number of aryl methyl sites for hydroxylation is 1. The first-order chi connectivity index (χ1) is 9.04. The van der Waals surface area contributed by atoms with Gasteiger partial charge in [0.1, 0.15) is 0 Å². The van der Waals surface area contributed by atoms with Crippen molar-refractivity contribution in [2.24, 2.45) is 5.92 Å². The van der Waals surface area contributed by atoms with E-state index in [0.717, 1.165) is 24.2 Å². The Morgan fingerprint density at radius 2 is 1.89 bits per heavy atom. The van der Waals surface area contributed by atoms with Gasteiger partial charge in [0.2, 0.25) is 0 Å². The topological polar surface area (TPSA) is 32.7 Å². The molecule has 19 heavy (non-hydrogen) atoms. The average Bonchev–Trinajstić information content (AvgIpc) is 2.35. The molecule has 0 saturated carbocycles. The van der Waals surface area contributed by atoms with Gasteiger partial charge in [0.15, 0.2) is 0 Å². The van der Waals surface area contributed by atoms with Gasteiger partial charge < -0.3 is 9.84 Å². The van der Waals surface area contributed by atoms with Crippen molar-refractivity contribution in [3.05, 3.63) is 35.4 Å². The van der Waals surface area contributed by atoms with Crippen LogP contribution >= 0.6 is 0 Å². The van der Waals surface area contributed by atoms with Crippen LogP contribution in [0.4, 0.5) is 0 Å². The molecule has 1 aromatic carbocycles.